The number of aryl methyl sites for hydroxylation is 1. The lowest BCUT2D eigenvalue weighted by molar-refractivity contribution is 0.0695. The molecule has 1 aliphatic heterocycles. The highest BCUT2D eigenvalue weighted by Gasteiger charge is 2.27. The highest BCUT2D eigenvalue weighted by Crippen LogP contribution is 2.38. The first kappa shape index (κ1) is 15.2. The first-order chi connectivity index (χ1) is 11.6. The zero-order chi connectivity index (χ0) is 16.8. The van der Waals surface area contributed by atoms with E-state index in [0.29, 0.717) is 11.4 Å². The second-order valence-corrected chi connectivity index (χ2v) is 6.71. The van der Waals surface area contributed by atoms with E-state index in [4.69, 9.17) is 0 Å². The Balaban J connectivity index is 1.95. The maximum Gasteiger partial charge on any atom is 0.341 e. The summed E-state index contributed by atoms with van der Waals surface area (Å²) in [5.74, 6) is -1.15. The van der Waals surface area contributed by atoms with E-state index in [2.05, 4.69) is 16.3 Å². The minimum Gasteiger partial charge on any atom is -0.477 e. The Bertz CT molecular complexity index is 877. The molecule has 0 amide bonds. The van der Waals surface area contributed by atoms with Crippen LogP contribution in [0.4, 0.5) is 5.69 Å². The molecule has 2 fully saturated rings. The molecule has 1 aliphatic carbocycles. The molecule has 2 heterocycles. The second kappa shape index (κ2) is 5.63. The number of nitrogens with one attached hydrogen (secondary N) is 1. The SMILES string of the molecule is Cc1cc2c(=O)c(C(=O)O)cn(C3CC3)c2cc1N1CCNCC1. The lowest BCUT2D eigenvalue weighted by Gasteiger charge is -2.31. The first-order valence-corrected chi connectivity index (χ1v) is 8.44. The van der Waals surface area contributed by atoms with Crippen molar-refractivity contribution in [3.63, 3.8) is 0 Å². The monoisotopic (exact) mass is 327 g/mol. The molecule has 0 spiro atoms. The Hall–Kier alpha value is -2.34. The predicted molar refractivity (Wildman–Crippen MR) is 93.3 cm³/mol. The fourth-order valence-corrected chi connectivity index (χ4v) is 3.55. The summed E-state index contributed by atoms with van der Waals surface area (Å²) >= 11 is 0. The minimum absolute atomic E-state index is 0.135. The number of aromatic nitrogens is 1. The van der Waals surface area contributed by atoms with Gasteiger partial charge in [-0.3, -0.25) is 4.79 Å². The number of rotatable bonds is 3. The normalized spacial score (nSPS) is 18.1. The van der Waals surface area contributed by atoms with Crippen LogP contribution in [0.5, 0.6) is 0 Å². The van der Waals surface area contributed by atoms with Crippen molar-refractivity contribution in [1.29, 1.82) is 0 Å². The molecular weight excluding hydrogens is 306 g/mol. The van der Waals surface area contributed by atoms with Gasteiger partial charge >= 0.3 is 5.97 Å². The van der Waals surface area contributed by atoms with E-state index in [1.807, 2.05) is 17.6 Å². The molecule has 0 bridgehead atoms. The van der Waals surface area contributed by atoms with Crippen molar-refractivity contribution < 1.29 is 9.90 Å². The van der Waals surface area contributed by atoms with E-state index in [1.54, 1.807) is 0 Å². The highest BCUT2D eigenvalue weighted by molar-refractivity contribution is 5.94. The van der Waals surface area contributed by atoms with Gasteiger partial charge in [-0.15, -0.1) is 0 Å². The summed E-state index contributed by atoms with van der Waals surface area (Å²) in [6, 6.07) is 4.24. The maximum atomic E-state index is 12.6. The molecule has 6 heteroatoms. The van der Waals surface area contributed by atoms with Crippen molar-refractivity contribution in [2.24, 2.45) is 0 Å². The van der Waals surface area contributed by atoms with Crippen LogP contribution in [0.15, 0.2) is 23.1 Å². The number of fused-ring (bicyclic) bond motifs is 1. The number of piperazine rings is 1. The predicted octanol–water partition coefficient (Wildman–Crippen LogP) is 1.75. The Morgan fingerprint density at radius 3 is 2.58 bits per heavy atom. The number of pyridine rings is 1. The lowest BCUT2D eigenvalue weighted by atomic mass is 10.1. The molecule has 1 saturated carbocycles. The van der Waals surface area contributed by atoms with Crippen LogP contribution in [-0.4, -0.2) is 41.8 Å². The highest BCUT2D eigenvalue weighted by atomic mass is 16.4. The van der Waals surface area contributed by atoms with Crippen molar-refractivity contribution in [1.82, 2.24) is 9.88 Å². The van der Waals surface area contributed by atoms with Gasteiger partial charge in [0.25, 0.3) is 0 Å². The number of anilines is 1. The van der Waals surface area contributed by atoms with E-state index in [0.717, 1.165) is 55.8 Å². The lowest BCUT2D eigenvalue weighted by Crippen LogP contribution is -2.43. The summed E-state index contributed by atoms with van der Waals surface area (Å²) in [6.45, 7) is 5.77. The van der Waals surface area contributed by atoms with Crippen molar-refractivity contribution in [3.8, 4) is 0 Å². The van der Waals surface area contributed by atoms with Crippen molar-refractivity contribution in [2.45, 2.75) is 25.8 Å². The third kappa shape index (κ3) is 2.47. The summed E-state index contributed by atoms with van der Waals surface area (Å²) in [5.41, 5.74) is 2.49. The van der Waals surface area contributed by atoms with Gasteiger partial charge in [0.2, 0.25) is 5.43 Å². The molecule has 6 nitrogen and oxygen atoms in total. The third-order valence-corrected chi connectivity index (χ3v) is 4.98. The topological polar surface area (TPSA) is 74.6 Å². The number of carboxylic acids is 1. The van der Waals surface area contributed by atoms with Gasteiger partial charge in [-0.05, 0) is 37.5 Å². The van der Waals surface area contributed by atoms with Gasteiger partial charge in [-0.2, -0.15) is 0 Å². The molecular formula is C18H21N3O3. The molecule has 0 atom stereocenters. The smallest absolute Gasteiger partial charge is 0.341 e. The van der Waals surface area contributed by atoms with Crippen LogP contribution >= 0.6 is 0 Å². The van der Waals surface area contributed by atoms with Gasteiger partial charge in [0, 0.05) is 49.5 Å². The van der Waals surface area contributed by atoms with Gasteiger partial charge in [-0.1, -0.05) is 0 Å². The Labute approximate surface area is 139 Å². The number of aromatic carboxylic acids is 1. The first-order valence-electron chi connectivity index (χ1n) is 8.44. The molecule has 24 heavy (non-hydrogen) atoms. The summed E-state index contributed by atoms with van der Waals surface area (Å²) in [7, 11) is 0. The summed E-state index contributed by atoms with van der Waals surface area (Å²) < 4.78 is 1.99. The number of carboxylic acid groups (broad SMARTS) is 1. The van der Waals surface area contributed by atoms with Crippen LogP contribution in [0.2, 0.25) is 0 Å². The number of benzene rings is 1. The summed E-state index contributed by atoms with van der Waals surface area (Å²) in [5, 5.41) is 13.2. The van der Waals surface area contributed by atoms with E-state index in [-0.39, 0.29) is 11.0 Å². The molecule has 2 N–H and O–H groups in total. The molecule has 1 saturated heterocycles. The zero-order valence-electron chi connectivity index (χ0n) is 13.7. The average Bonchev–Trinajstić information content (AvgIpc) is 3.40. The van der Waals surface area contributed by atoms with Gasteiger partial charge in [0.1, 0.15) is 5.56 Å². The molecule has 2 aliphatic rings. The molecule has 0 radical (unpaired) electrons. The van der Waals surface area contributed by atoms with Crippen LogP contribution in [-0.2, 0) is 0 Å². The Morgan fingerprint density at radius 2 is 1.96 bits per heavy atom. The Kier molecular flexibility index (Phi) is 3.57. The van der Waals surface area contributed by atoms with Gasteiger partial charge in [0.15, 0.2) is 0 Å². The molecule has 2 aromatic rings. The number of hydrogen-bond donors (Lipinski definition) is 2. The molecule has 126 valence electrons. The van der Waals surface area contributed by atoms with Crippen LogP contribution in [0, 0.1) is 6.92 Å². The largest absolute Gasteiger partial charge is 0.477 e. The molecule has 1 aromatic carbocycles. The van der Waals surface area contributed by atoms with Gasteiger partial charge < -0.3 is 19.9 Å². The zero-order valence-corrected chi connectivity index (χ0v) is 13.7. The van der Waals surface area contributed by atoms with Crippen LogP contribution < -0.4 is 15.6 Å². The second-order valence-electron chi connectivity index (χ2n) is 6.71. The third-order valence-electron chi connectivity index (χ3n) is 4.98. The summed E-state index contributed by atoms with van der Waals surface area (Å²) in [6.07, 6.45) is 3.60. The van der Waals surface area contributed by atoms with Gasteiger partial charge in [-0.25, -0.2) is 4.79 Å². The Morgan fingerprint density at radius 1 is 1.25 bits per heavy atom. The van der Waals surface area contributed by atoms with Crippen LogP contribution in [0.1, 0.15) is 34.8 Å². The van der Waals surface area contributed by atoms with E-state index in [9.17, 15) is 14.7 Å². The number of hydrogen-bond acceptors (Lipinski definition) is 4. The minimum atomic E-state index is -1.15. The van der Waals surface area contributed by atoms with E-state index in [1.165, 1.54) is 6.20 Å². The fraction of sp³-hybridized carbons (Fsp3) is 0.444. The van der Waals surface area contributed by atoms with E-state index >= 15 is 0 Å². The van der Waals surface area contributed by atoms with Crippen LogP contribution in [0.3, 0.4) is 0 Å². The average molecular weight is 327 g/mol. The molecule has 0 unspecified atom stereocenters. The van der Waals surface area contributed by atoms with Crippen molar-refractivity contribution >= 4 is 22.6 Å². The maximum absolute atomic E-state index is 12.6. The van der Waals surface area contributed by atoms with E-state index < -0.39 is 5.97 Å². The van der Waals surface area contributed by atoms with Crippen molar-refractivity contribution in [3.05, 3.63) is 39.7 Å². The number of nitrogens with zero attached hydrogens (tertiary/aromatic N) is 2. The molecule has 1 aromatic heterocycles. The standard InChI is InChI=1S/C18H21N3O3/c1-11-8-13-16(9-15(11)20-6-4-19-5-7-20)21(12-2-3-12)10-14(17(13)22)18(23)24/h8-10,12,19H,2-7H2,1H3,(H,23,24). The fourth-order valence-electron chi connectivity index (χ4n) is 3.55. The van der Waals surface area contributed by atoms with Gasteiger partial charge in [0.05, 0.1) is 5.52 Å². The molecule has 4 rings (SSSR count). The summed E-state index contributed by atoms with van der Waals surface area (Å²) in [4.78, 5) is 26.3. The quantitative estimate of drug-likeness (QED) is 0.898. The van der Waals surface area contributed by atoms with Crippen molar-refractivity contribution in [2.75, 3.05) is 31.1 Å². The van der Waals surface area contributed by atoms with Crippen LogP contribution in [0.25, 0.3) is 10.9 Å². The number of carbonyl (C=O) groups is 1.